The van der Waals surface area contributed by atoms with Crippen molar-refractivity contribution < 1.29 is 19.1 Å². The minimum Gasteiger partial charge on any atom is -0.481 e. The molecule has 26 heavy (non-hydrogen) atoms. The first-order valence-corrected chi connectivity index (χ1v) is 9.07. The molecule has 3 rings (SSSR count). The Bertz CT molecular complexity index is 749. The number of carboxylic acids is 1. The predicted molar refractivity (Wildman–Crippen MR) is 98.1 cm³/mol. The number of amides is 1. The third-order valence-electron chi connectivity index (χ3n) is 5.90. The van der Waals surface area contributed by atoms with Crippen LogP contribution in [-0.4, -0.2) is 54.2 Å². The molecule has 1 amide bonds. The number of likely N-dealkylation sites (tertiary alicyclic amines) is 1. The molecule has 2 aliphatic rings. The van der Waals surface area contributed by atoms with Crippen LogP contribution in [0.15, 0.2) is 18.2 Å². The molecule has 0 aliphatic carbocycles. The quantitative estimate of drug-likeness (QED) is 0.895. The second-order valence-electron chi connectivity index (χ2n) is 8.46. The molecule has 0 bridgehead atoms. The van der Waals surface area contributed by atoms with E-state index in [2.05, 4.69) is 4.90 Å². The summed E-state index contributed by atoms with van der Waals surface area (Å²) < 4.78 is 15.3. The lowest BCUT2D eigenvalue weighted by atomic mass is 9.84. The van der Waals surface area contributed by atoms with Gasteiger partial charge >= 0.3 is 5.97 Å². The first-order chi connectivity index (χ1) is 12.0. The number of carbonyl (C=O) groups excluding carboxylic acids is 1. The molecule has 0 radical (unpaired) electrons. The molecular formula is C20H27FN2O3. The average Bonchev–Trinajstić information content (AvgIpc) is 2.81. The van der Waals surface area contributed by atoms with E-state index in [1.54, 1.807) is 18.7 Å². The van der Waals surface area contributed by atoms with E-state index in [-0.39, 0.29) is 12.3 Å². The van der Waals surface area contributed by atoms with Gasteiger partial charge in [-0.05, 0) is 57.5 Å². The number of anilines is 1. The van der Waals surface area contributed by atoms with Gasteiger partial charge in [0, 0.05) is 37.7 Å². The van der Waals surface area contributed by atoms with Crippen molar-refractivity contribution in [2.75, 3.05) is 31.6 Å². The van der Waals surface area contributed by atoms with E-state index in [0.717, 1.165) is 11.1 Å². The van der Waals surface area contributed by atoms with E-state index in [0.29, 0.717) is 31.7 Å². The summed E-state index contributed by atoms with van der Waals surface area (Å²) in [5.41, 5.74) is -0.177. The van der Waals surface area contributed by atoms with Crippen molar-refractivity contribution in [3.8, 4) is 0 Å². The minimum atomic E-state index is -1.78. The van der Waals surface area contributed by atoms with Gasteiger partial charge in [0.15, 0.2) is 5.67 Å². The van der Waals surface area contributed by atoms with E-state index < -0.39 is 23.0 Å². The van der Waals surface area contributed by atoms with Crippen LogP contribution < -0.4 is 4.90 Å². The zero-order valence-electron chi connectivity index (χ0n) is 15.9. The molecule has 1 N–H and O–H groups in total. The van der Waals surface area contributed by atoms with Gasteiger partial charge < -0.3 is 14.9 Å². The monoisotopic (exact) mass is 362 g/mol. The lowest BCUT2D eigenvalue weighted by molar-refractivity contribution is -0.146. The highest BCUT2D eigenvalue weighted by atomic mass is 19.1. The number of hydrogen-bond donors (Lipinski definition) is 1. The van der Waals surface area contributed by atoms with Crippen LogP contribution in [0, 0.1) is 18.3 Å². The van der Waals surface area contributed by atoms with E-state index in [9.17, 15) is 14.7 Å². The number of benzene rings is 1. The largest absolute Gasteiger partial charge is 0.481 e. The lowest BCUT2D eigenvalue weighted by Crippen LogP contribution is -2.49. The van der Waals surface area contributed by atoms with Gasteiger partial charge in [-0.2, -0.15) is 0 Å². The van der Waals surface area contributed by atoms with Crippen molar-refractivity contribution in [1.82, 2.24) is 4.90 Å². The fourth-order valence-corrected chi connectivity index (χ4v) is 3.97. The summed E-state index contributed by atoms with van der Waals surface area (Å²) in [7, 11) is 1.95. The number of halogens is 1. The van der Waals surface area contributed by atoms with Crippen molar-refractivity contribution in [3.63, 3.8) is 0 Å². The summed E-state index contributed by atoms with van der Waals surface area (Å²) in [6, 6.07) is 5.56. The fraction of sp³-hybridized carbons (Fsp3) is 0.600. The van der Waals surface area contributed by atoms with Crippen molar-refractivity contribution in [2.24, 2.45) is 11.3 Å². The summed E-state index contributed by atoms with van der Waals surface area (Å²) in [4.78, 5) is 27.9. The zero-order valence-corrected chi connectivity index (χ0v) is 15.9. The van der Waals surface area contributed by atoms with Gasteiger partial charge in [-0.1, -0.05) is 6.07 Å². The highest BCUT2D eigenvalue weighted by Crippen LogP contribution is 2.41. The van der Waals surface area contributed by atoms with Crippen LogP contribution in [0.3, 0.4) is 0 Å². The first-order valence-electron chi connectivity index (χ1n) is 9.07. The molecule has 0 saturated carbocycles. The molecule has 0 unspecified atom stereocenters. The third kappa shape index (κ3) is 3.11. The molecule has 1 aromatic carbocycles. The number of alkyl halides is 1. The summed E-state index contributed by atoms with van der Waals surface area (Å²) in [6.45, 7) is 6.81. The maximum atomic E-state index is 15.3. The smallest absolute Gasteiger partial charge is 0.309 e. The fourth-order valence-electron chi connectivity index (χ4n) is 3.97. The second-order valence-corrected chi connectivity index (χ2v) is 8.46. The average molecular weight is 362 g/mol. The molecular weight excluding hydrogens is 335 g/mol. The Labute approximate surface area is 153 Å². The van der Waals surface area contributed by atoms with Gasteiger partial charge in [0.2, 0.25) is 0 Å². The van der Waals surface area contributed by atoms with Crippen molar-refractivity contribution in [3.05, 3.63) is 29.3 Å². The number of carbonyl (C=O) groups is 2. The molecule has 2 fully saturated rings. The molecule has 1 aromatic rings. The normalized spacial score (nSPS) is 26.9. The highest BCUT2D eigenvalue weighted by Gasteiger charge is 2.57. The highest BCUT2D eigenvalue weighted by molar-refractivity contribution is 6.02. The molecule has 0 aromatic heterocycles. The van der Waals surface area contributed by atoms with E-state index >= 15 is 4.39 Å². The van der Waals surface area contributed by atoms with Crippen molar-refractivity contribution in [1.29, 1.82) is 0 Å². The number of hydrogen-bond acceptors (Lipinski definition) is 3. The van der Waals surface area contributed by atoms with Gasteiger partial charge in [0.25, 0.3) is 5.91 Å². The van der Waals surface area contributed by atoms with E-state index in [1.807, 2.05) is 32.2 Å². The van der Waals surface area contributed by atoms with Gasteiger partial charge in [-0.25, -0.2) is 4.39 Å². The molecule has 2 saturated heterocycles. The second kappa shape index (κ2) is 6.34. The number of nitrogens with zero attached hydrogens (tertiary/aromatic N) is 2. The summed E-state index contributed by atoms with van der Waals surface area (Å²) in [6.07, 6.45) is 0.589. The topological polar surface area (TPSA) is 60.9 Å². The van der Waals surface area contributed by atoms with Crippen molar-refractivity contribution >= 4 is 17.6 Å². The Kier molecular flexibility index (Phi) is 4.59. The number of fused-ring (bicyclic) bond motifs is 1. The number of piperidine rings is 1. The van der Waals surface area contributed by atoms with Crippen LogP contribution in [0.2, 0.25) is 0 Å². The third-order valence-corrected chi connectivity index (χ3v) is 5.90. The zero-order chi connectivity index (χ0) is 19.3. The molecule has 5 nitrogen and oxygen atoms in total. The Morgan fingerprint density at radius 2 is 2.08 bits per heavy atom. The van der Waals surface area contributed by atoms with Crippen LogP contribution >= 0.6 is 0 Å². The number of aryl methyl sites for hydroxylation is 1. The van der Waals surface area contributed by atoms with Crippen LogP contribution in [-0.2, 0) is 16.0 Å². The van der Waals surface area contributed by atoms with Crippen molar-refractivity contribution in [2.45, 2.75) is 39.3 Å². The van der Waals surface area contributed by atoms with E-state index in [4.69, 9.17) is 0 Å². The molecule has 6 heteroatoms. The Morgan fingerprint density at radius 1 is 1.38 bits per heavy atom. The summed E-state index contributed by atoms with van der Waals surface area (Å²) in [5, 5.41) is 9.40. The van der Waals surface area contributed by atoms with Gasteiger partial charge in [0.05, 0.1) is 5.41 Å². The molecule has 0 spiro atoms. The SMILES string of the molecule is Cc1ccc(N2C[C@@H]3CN(C)CC[C@]3(F)C2=O)cc1CC(C)(C)C(=O)O. The van der Waals surface area contributed by atoms with Gasteiger partial charge in [0.1, 0.15) is 0 Å². The predicted octanol–water partition coefficient (Wildman–Crippen LogP) is 2.65. The maximum absolute atomic E-state index is 15.3. The Morgan fingerprint density at radius 3 is 2.73 bits per heavy atom. The van der Waals surface area contributed by atoms with Crippen LogP contribution in [0.25, 0.3) is 0 Å². The number of aliphatic carboxylic acids is 1. The van der Waals surface area contributed by atoms with Gasteiger partial charge in [-0.15, -0.1) is 0 Å². The number of rotatable bonds is 4. The lowest BCUT2D eigenvalue weighted by Gasteiger charge is -2.34. The molecule has 2 aliphatic heterocycles. The van der Waals surface area contributed by atoms with Crippen LogP contribution in [0.5, 0.6) is 0 Å². The van der Waals surface area contributed by atoms with E-state index in [1.165, 1.54) is 0 Å². The Balaban J connectivity index is 1.90. The van der Waals surface area contributed by atoms with Crippen LogP contribution in [0.4, 0.5) is 10.1 Å². The summed E-state index contributed by atoms with van der Waals surface area (Å²) in [5.74, 6) is -1.65. The van der Waals surface area contributed by atoms with Crippen LogP contribution in [0.1, 0.15) is 31.4 Å². The minimum absolute atomic E-state index is 0.230. The maximum Gasteiger partial charge on any atom is 0.309 e. The molecule has 2 atom stereocenters. The first kappa shape index (κ1) is 18.8. The standard InChI is InChI=1S/C20H27FN2O3/c1-13-5-6-16(9-14(13)10-19(2,3)18(25)26)23-12-15-11-22(4)8-7-20(15,21)17(23)24/h5-6,9,15H,7-8,10-12H2,1-4H3,(H,25,26)/t15-,20+/m0/s1. The molecule has 142 valence electrons. The summed E-state index contributed by atoms with van der Waals surface area (Å²) >= 11 is 0. The molecule has 2 heterocycles. The number of carboxylic acid groups (broad SMARTS) is 1. The Hall–Kier alpha value is -1.95. The van der Waals surface area contributed by atoms with Gasteiger partial charge in [-0.3, -0.25) is 9.59 Å².